The predicted molar refractivity (Wildman–Crippen MR) is 68.0 cm³/mol. The molecule has 0 aromatic heterocycles. The third kappa shape index (κ3) is 4.45. The highest BCUT2D eigenvalue weighted by molar-refractivity contribution is 8.00. The molecule has 1 amide bonds. The van der Waals surface area contributed by atoms with Gasteiger partial charge in [-0.05, 0) is 61.7 Å². The molecule has 0 radical (unpaired) electrons. The number of hydrogen-bond donors (Lipinski definition) is 1. The molecule has 1 fully saturated rings. The number of benzene rings is 1. The predicted octanol–water partition coefficient (Wildman–Crippen LogP) is 3.83. The van der Waals surface area contributed by atoms with E-state index in [4.69, 9.17) is 0 Å². The van der Waals surface area contributed by atoms with Crippen molar-refractivity contribution in [2.24, 2.45) is 5.92 Å². The molecule has 1 saturated carbocycles. The molecule has 1 atom stereocenters. The lowest BCUT2D eigenvalue weighted by Crippen LogP contribution is -2.33. The van der Waals surface area contributed by atoms with Crippen molar-refractivity contribution >= 4 is 17.7 Å². The van der Waals surface area contributed by atoms with Gasteiger partial charge in [0.2, 0.25) is 0 Å². The summed E-state index contributed by atoms with van der Waals surface area (Å²) >= 11 is -0.182. The Kier molecular flexibility index (Phi) is 4.08. The number of rotatable bonds is 4. The summed E-state index contributed by atoms with van der Waals surface area (Å²) in [6.07, 6.45) is 2.26. The average Bonchev–Trinajstić information content (AvgIpc) is 3.11. The molecule has 0 heterocycles. The van der Waals surface area contributed by atoms with E-state index < -0.39 is 5.51 Å². The van der Waals surface area contributed by atoms with Crippen LogP contribution in [0.3, 0.4) is 0 Å². The summed E-state index contributed by atoms with van der Waals surface area (Å²) in [5.74, 6) is 0.312. The topological polar surface area (TPSA) is 29.1 Å². The van der Waals surface area contributed by atoms with Crippen LogP contribution in [0.25, 0.3) is 0 Å². The number of carbonyl (C=O) groups is 1. The Morgan fingerprint density at radius 3 is 2.37 bits per heavy atom. The van der Waals surface area contributed by atoms with E-state index in [0.717, 1.165) is 12.8 Å². The van der Waals surface area contributed by atoms with Crippen LogP contribution in [0.2, 0.25) is 0 Å². The lowest BCUT2D eigenvalue weighted by Gasteiger charge is -2.13. The van der Waals surface area contributed by atoms with E-state index in [-0.39, 0.29) is 28.6 Å². The quantitative estimate of drug-likeness (QED) is 0.854. The Labute approximate surface area is 113 Å². The number of carbonyl (C=O) groups excluding carboxylic acids is 1. The summed E-state index contributed by atoms with van der Waals surface area (Å²) in [6.45, 7) is 1.95. The highest BCUT2D eigenvalue weighted by Crippen LogP contribution is 2.36. The van der Waals surface area contributed by atoms with Crippen LogP contribution in [0, 0.1) is 5.92 Å². The van der Waals surface area contributed by atoms with Gasteiger partial charge in [-0.25, -0.2) is 0 Å². The number of alkyl halides is 3. The molecule has 0 aliphatic heterocycles. The fourth-order valence-electron chi connectivity index (χ4n) is 1.81. The molecule has 1 aromatic carbocycles. The SMILES string of the molecule is CC(NC(=O)c1ccc(SC(F)(F)F)cc1)C1CC1. The third-order valence-corrected chi connectivity index (χ3v) is 3.78. The fourth-order valence-corrected chi connectivity index (χ4v) is 2.35. The number of thioether (sulfide) groups is 1. The third-order valence-electron chi connectivity index (χ3n) is 3.04. The van der Waals surface area contributed by atoms with Gasteiger partial charge in [0.1, 0.15) is 0 Å². The number of nitrogens with one attached hydrogen (secondary N) is 1. The van der Waals surface area contributed by atoms with Gasteiger partial charge in [0.05, 0.1) is 0 Å². The second-order valence-electron chi connectivity index (χ2n) is 4.67. The van der Waals surface area contributed by atoms with Crippen LogP contribution >= 0.6 is 11.8 Å². The number of halogens is 3. The molecule has 2 nitrogen and oxygen atoms in total. The highest BCUT2D eigenvalue weighted by atomic mass is 32.2. The van der Waals surface area contributed by atoms with Gasteiger partial charge in [-0.3, -0.25) is 4.79 Å². The molecule has 0 bridgehead atoms. The van der Waals surface area contributed by atoms with E-state index in [9.17, 15) is 18.0 Å². The molecule has 19 heavy (non-hydrogen) atoms. The molecule has 1 aliphatic carbocycles. The molecular weight excluding hydrogens is 275 g/mol. The first kappa shape index (κ1) is 14.2. The first-order valence-corrected chi connectivity index (χ1v) is 6.83. The van der Waals surface area contributed by atoms with Crippen LogP contribution in [0.1, 0.15) is 30.1 Å². The molecule has 1 aliphatic rings. The molecule has 0 saturated heterocycles. The molecule has 0 spiro atoms. The lowest BCUT2D eigenvalue weighted by molar-refractivity contribution is -0.0328. The minimum atomic E-state index is -4.30. The average molecular weight is 289 g/mol. The first-order chi connectivity index (χ1) is 8.85. The standard InChI is InChI=1S/C13H14F3NOS/c1-8(9-2-3-9)17-12(18)10-4-6-11(7-5-10)19-13(14,15)16/h4-9H,2-3H2,1H3,(H,17,18). The minimum absolute atomic E-state index is 0.0827. The summed E-state index contributed by atoms with van der Waals surface area (Å²) < 4.78 is 36.5. The number of hydrogen-bond acceptors (Lipinski definition) is 2. The second-order valence-corrected chi connectivity index (χ2v) is 5.81. The van der Waals surface area contributed by atoms with Gasteiger partial charge in [-0.15, -0.1) is 0 Å². The van der Waals surface area contributed by atoms with Crippen molar-refractivity contribution < 1.29 is 18.0 Å². The fraction of sp³-hybridized carbons (Fsp3) is 0.462. The zero-order chi connectivity index (χ0) is 14.0. The van der Waals surface area contributed by atoms with Crippen molar-refractivity contribution in [3.05, 3.63) is 29.8 Å². The molecule has 104 valence electrons. The molecule has 6 heteroatoms. The van der Waals surface area contributed by atoms with Crippen LogP contribution in [0.15, 0.2) is 29.2 Å². The van der Waals surface area contributed by atoms with E-state index in [1.807, 2.05) is 6.92 Å². The Morgan fingerprint density at radius 1 is 1.32 bits per heavy atom. The van der Waals surface area contributed by atoms with Crippen LogP contribution < -0.4 is 5.32 Å². The summed E-state index contributed by atoms with van der Waals surface area (Å²) in [4.78, 5) is 11.9. The Morgan fingerprint density at radius 2 is 1.89 bits per heavy atom. The van der Waals surface area contributed by atoms with E-state index in [1.165, 1.54) is 24.3 Å². The molecule has 2 rings (SSSR count). The van der Waals surface area contributed by atoms with Gasteiger partial charge in [0, 0.05) is 16.5 Å². The Bertz CT molecular complexity index is 454. The van der Waals surface area contributed by atoms with Crippen LogP contribution in [-0.2, 0) is 0 Å². The van der Waals surface area contributed by atoms with E-state index >= 15 is 0 Å². The van der Waals surface area contributed by atoms with Crippen molar-refractivity contribution in [1.82, 2.24) is 5.32 Å². The van der Waals surface area contributed by atoms with Crippen LogP contribution in [0.5, 0.6) is 0 Å². The molecule has 1 aromatic rings. The van der Waals surface area contributed by atoms with Crippen LogP contribution in [0.4, 0.5) is 13.2 Å². The Hall–Kier alpha value is -1.17. The highest BCUT2D eigenvalue weighted by Gasteiger charge is 2.30. The van der Waals surface area contributed by atoms with Crippen LogP contribution in [-0.4, -0.2) is 17.5 Å². The first-order valence-electron chi connectivity index (χ1n) is 6.02. The van der Waals surface area contributed by atoms with Gasteiger partial charge in [-0.2, -0.15) is 13.2 Å². The smallest absolute Gasteiger partial charge is 0.349 e. The summed E-state index contributed by atoms with van der Waals surface area (Å²) in [7, 11) is 0. The molecular formula is C13H14F3NOS. The van der Waals surface area contributed by atoms with Gasteiger partial charge in [-0.1, -0.05) is 0 Å². The Balaban J connectivity index is 1.95. The van der Waals surface area contributed by atoms with Crippen molar-refractivity contribution in [3.63, 3.8) is 0 Å². The largest absolute Gasteiger partial charge is 0.446 e. The summed E-state index contributed by atoms with van der Waals surface area (Å²) in [6, 6.07) is 5.59. The second kappa shape index (κ2) is 5.45. The van der Waals surface area contributed by atoms with Crippen molar-refractivity contribution in [3.8, 4) is 0 Å². The van der Waals surface area contributed by atoms with Gasteiger partial charge in [0.25, 0.3) is 5.91 Å². The van der Waals surface area contributed by atoms with Crippen molar-refractivity contribution in [2.75, 3.05) is 0 Å². The van der Waals surface area contributed by atoms with Gasteiger partial charge >= 0.3 is 5.51 Å². The zero-order valence-electron chi connectivity index (χ0n) is 10.3. The maximum atomic E-state index is 12.2. The molecule has 1 unspecified atom stereocenters. The van der Waals surface area contributed by atoms with Crippen molar-refractivity contribution in [2.45, 2.75) is 36.2 Å². The van der Waals surface area contributed by atoms with E-state index in [1.54, 1.807) is 0 Å². The summed E-state index contributed by atoms with van der Waals surface area (Å²) in [5.41, 5.74) is -3.91. The van der Waals surface area contributed by atoms with Crippen molar-refractivity contribution in [1.29, 1.82) is 0 Å². The number of amides is 1. The maximum absolute atomic E-state index is 12.2. The van der Waals surface area contributed by atoms with Gasteiger partial charge in [0.15, 0.2) is 0 Å². The van der Waals surface area contributed by atoms with E-state index in [2.05, 4.69) is 5.32 Å². The zero-order valence-corrected chi connectivity index (χ0v) is 11.1. The normalized spacial score (nSPS) is 17.1. The monoisotopic (exact) mass is 289 g/mol. The lowest BCUT2D eigenvalue weighted by atomic mass is 10.1. The maximum Gasteiger partial charge on any atom is 0.446 e. The minimum Gasteiger partial charge on any atom is -0.349 e. The summed E-state index contributed by atoms with van der Waals surface area (Å²) in [5, 5.41) is 2.86. The van der Waals surface area contributed by atoms with Gasteiger partial charge < -0.3 is 5.32 Å². The van der Waals surface area contributed by atoms with E-state index in [0.29, 0.717) is 11.5 Å². The molecule has 1 N–H and O–H groups in total.